The summed E-state index contributed by atoms with van der Waals surface area (Å²) in [5.74, 6) is -0.410. The molecule has 0 heterocycles. The number of benzene rings is 2. The molecule has 0 fully saturated rings. The Morgan fingerprint density at radius 1 is 1.00 bits per heavy atom. The third-order valence-electron chi connectivity index (χ3n) is 3.31. The molecule has 0 aromatic heterocycles. The van der Waals surface area contributed by atoms with E-state index in [9.17, 15) is 4.79 Å². The topological polar surface area (TPSA) is 52.3 Å². The maximum absolute atomic E-state index is 12.2. The molecule has 3 nitrogen and oxygen atoms in total. The number of nitrogens with two attached hydrogens (primary N) is 1. The van der Waals surface area contributed by atoms with Crippen LogP contribution < -0.4 is 5.73 Å². The Balaban J connectivity index is 2.65. The zero-order valence-electron chi connectivity index (χ0n) is 10.9. The van der Waals surface area contributed by atoms with Gasteiger partial charge in [-0.3, -0.25) is 4.79 Å². The lowest BCUT2D eigenvalue weighted by Gasteiger charge is -2.31. The molecule has 0 unspecified atom stereocenters. The lowest BCUT2D eigenvalue weighted by Crippen LogP contribution is -2.45. The van der Waals surface area contributed by atoms with Crippen LogP contribution in [0.3, 0.4) is 0 Å². The second kappa shape index (κ2) is 5.67. The van der Waals surface area contributed by atoms with Crippen LogP contribution in [0.25, 0.3) is 0 Å². The summed E-state index contributed by atoms with van der Waals surface area (Å²) < 4.78 is 5.28. The van der Waals surface area contributed by atoms with Gasteiger partial charge in [0.15, 0.2) is 0 Å². The molecule has 0 spiro atoms. The minimum absolute atomic E-state index is 0.219. The van der Waals surface area contributed by atoms with E-state index in [2.05, 4.69) is 0 Å². The lowest BCUT2D eigenvalue weighted by molar-refractivity contribution is -0.123. The van der Waals surface area contributed by atoms with E-state index >= 15 is 0 Å². The standard InChI is InChI=1S/C16H17NO2/c1-19-12-16(15(17)18,13-8-4-2-5-9-13)14-10-6-3-7-11-14/h2-11H,12H2,1H3,(H2,17,18). The molecule has 1 amide bonds. The van der Waals surface area contributed by atoms with Gasteiger partial charge in [-0.25, -0.2) is 0 Å². The molecule has 98 valence electrons. The molecule has 2 aromatic rings. The lowest BCUT2D eigenvalue weighted by atomic mass is 9.74. The second-order valence-electron chi connectivity index (χ2n) is 4.43. The van der Waals surface area contributed by atoms with Crippen LogP contribution in [0.15, 0.2) is 60.7 Å². The van der Waals surface area contributed by atoms with Crippen LogP contribution in [0.4, 0.5) is 0 Å². The maximum atomic E-state index is 12.2. The van der Waals surface area contributed by atoms with Crippen molar-refractivity contribution in [1.82, 2.24) is 0 Å². The summed E-state index contributed by atoms with van der Waals surface area (Å²) >= 11 is 0. The van der Waals surface area contributed by atoms with E-state index in [1.807, 2.05) is 60.7 Å². The minimum atomic E-state index is -0.947. The fourth-order valence-corrected chi connectivity index (χ4v) is 2.35. The van der Waals surface area contributed by atoms with E-state index in [0.717, 1.165) is 11.1 Å². The number of hydrogen-bond donors (Lipinski definition) is 1. The molecular weight excluding hydrogens is 238 g/mol. The third-order valence-corrected chi connectivity index (χ3v) is 3.31. The molecule has 0 bridgehead atoms. The van der Waals surface area contributed by atoms with E-state index in [4.69, 9.17) is 10.5 Å². The smallest absolute Gasteiger partial charge is 0.234 e. The number of ether oxygens (including phenoxy) is 1. The average molecular weight is 255 g/mol. The Kier molecular flexibility index (Phi) is 3.97. The zero-order valence-corrected chi connectivity index (χ0v) is 10.9. The van der Waals surface area contributed by atoms with Crippen molar-refractivity contribution in [2.45, 2.75) is 5.41 Å². The maximum Gasteiger partial charge on any atom is 0.234 e. The third kappa shape index (κ3) is 2.37. The number of primary amides is 1. The number of amides is 1. The molecule has 0 aliphatic rings. The normalized spacial score (nSPS) is 11.2. The first-order chi connectivity index (χ1) is 9.21. The number of methoxy groups -OCH3 is 1. The highest BCUT2D eigenvalue weighted by molar-refractivity contribution is 5.91. The van der Waals surface area contributed by atoms with Gasteiger partial charge in [-0.15, -0.1) is 0 Å². The molecule has 2 N–H and O–H groups in total. The summed E-state index contributed by atoms with van der Waals surface area (Å²) in [5.41, 5.74) is 6.44. The van der Waals surface area contributed by atoms with E-state index < -0.39 is 11.3 Å². The van der Waals surface area contributed by atoms with Crippen LogP contribution in [-0.4, -0.2) is 19.6 Å². The molecule has 19 heavy (non-hydrogen) atoms. The first kappa shape index (κ1) is 13.3. The zero-order chi connectivity index (χ0) is 13.7. The Labute approximate surface area is 113 Å². The number of hydrogen-bond acceptors (Lipinski definition) is 2. The van der Waals surface area contributed by atoms with Gasteiger partial charge in [0.25, 0.3) is 0 Å². The van der Waals surface area contributed by atoms with Crippen molar-refractivity contribution in [3.05, 3.63) is 71.8 Å². The van der Waals surface area contributed by atoms with Gasteiger partial charge in [-0.05, 0) is 11.1 Å². The summed E-state index contributed by atoms with van der Waals surface area (Å²) in [6, 6.07) is 19.0. The molecule has 0 atom stereocenters. The molecule has 0 saturated carbocycles. The monoisotopic (exact) mass is 255 g/mol. The average Bonchev–Trinajstić information content (AvgIpc) is 2.46. The Morgan fingerprint density at radius 3 is 1.74 bits per heavy atom. The van der Waals surface area contributed by atoms with Crippen molar-refractivity contribution in [2.75, 3.05) is 13.7 Å². The van der Waals surface area contributed by atoms with Gasteiger partial charge in [-0.2, -0.15) is 0 Å². The summed E-state index contributed by atoms with van der Waals surface area (Å²) in [4.78, 5) is 12.2. The van der Waals surface area contributed by atoms with Gasteiger partial charge >= 0.3 is 0 Å². The molecule has 0 saturated heterocycles. The van der Waals surface area contributed by atoms with Crippen LogP contribution in [0, 0.1) is 0 Å². The Bertz CT molecular complexity index is 498. The van der Waals surface area contributed by atoms with Gasteiger partial charge in [0.1, 0.15) is 5.41 Å². The van der Waals surface area contributed by atoms with Crippen LogP contribution in [0.1, 0.15) is 11.1 Å². The molecule has 0 aliphatic carbocycles. The number of rotatable bonds is 5. The van der Waals surface area contributed by atoms with Crippen molar-refractivity contribution in [3.8, 4) is 0 Å². The molecule has 3 heteroatoms. The van der Waals surface area contributed by atoms with Crippen LogP contribution in [0.2, 0.25) is 0 Å². The van der Waals surface area contributed by atoms with Gasteiger partial charge in [0, 0.05) is 7.11 Å². The second-order valence-corrected chi connectivity index (χ2v) is 4.43. The van der Waals surface area contributed by atoms with Crippen molar-refractivity contribution in [1.29, 1.82) is 0 Å². The van der Waals surface area contributed by atoms with Gasteiger partial charge in [0.05, 0.1) is 6.61 Å². The highest BCUT2D eigenvalue weighted by Crippen LogP contribution is 2.32. The van der Waals surface area contributed by atoms with E-state index in [0.29, 0.717) is 0 Å². The van der Waals surface area contributed by atoms with Crippen LogP contribution >= 0.6 is 0 Å². The molecule has 2 aromatic carbocycles. The predicted octanol–water partition coefficient (Wildman–Crippen LogP) is 2.10. The largest absolute Gasteiger partial charge is 0.383 e. The highest BCUT2D eigenvalue weighted by atomic mass is 16.5. The van der Waals surface area contributed by atoms with Crippen molar-refractivity contribution in [3.63, 3.8) is 0 Å². The molecular formula is C16H17NO2. The number of carbonyl (C=O) groups is 1. The SMILES string of the molecule is COCC(C(N)=O)(c1ccccc1)c1ccccc1. The predicted molar refractivity (Wildman–Crippen MR) is 74.7 cm³/mol. The molecule has 0 radical (unpaired) electrons. The van der Waals surface area contributed by atoms with Gasteiger partial charge in [0.2, 0.25) is 5.91 Å². The van der Waals surface area contributed by atoms with Gasteiger partial charge in [-0.1, -0.05) is 60.7 Å². The quantitative estimate of drug-likeness (QED) is 0.889. The van der Waals surface area contributed by atoms with Crippen molar-refractivity contribution >= 4 is 5.91 Å². The first-order valence-corrected chi connectivity index (χ1v) is 6.11. The fourth-order valence-electron chi connectivity index (χ4n) is 2.35. The fraction of sp³-hybridized carbons (Fsp3) is 0.188. The van der Waals surface area contributed by atoms with E-state index in [1.165, 1.54) is 0 Å². The summed E-state index contributed by atoms with van der Waals surface area (Å²) in [6.07, 6.45) is 0. The summed E-state index contributed by atoms with van der Waals surface area (Å²) in [5, 5.41) is 0. The molecule has 0 aliphatic heterocycles. The Morgan fingerprint density at radius 2 is 1.42 bits per heavy atom. The minimum Gasteiger partial charge on any atom is -0.383 e. The molecule has 2 rings (SSSR count). The van der Waals surface area contributed by atoms with Crippen LogP contribution in [0.5, 0.6) is 0 Å². The first-order valence-electron chi connectivity index (χ1n) is 6.11. The van der Waals surface area contributed by atoms with E-state index in [1.54, 1.807) is 7.11 Å². The van der Waals surface area contributed by atoms with Crippen molar-refractivity contribution < 1.29 is 9.53 Å². The van der Waals surface area contributed by atoms with E-state index in [-0.39, 0.29) is 6.61 Å². The Hall–Kier alpha value is -2.13. The summed E-state index contributed by atoms with van der Waals surface area (Å²) in [6.45, 7) is 0.219. The van der Waals surface area contributed by atoms with Crippen LogP contribution in [-0.2, 0) is 14.9 Å². The van der Waals surface area contributed by atoms with Gasteiger partial charge < -0.3 is 10.5 Å². The highest BCUT2D eigenvalue weighted by Gasteiger charge is 2.40. The number of carbonyl (C=O) groups excluding carboxylic acids is 1. The summed E-state index contributed by atoms with van der Waals surface area (Å²) in [7, 11) is 1.57. The van der Waals surface area contributed by atoms with Crippen molar-refractivity contribution in [2.24, 2.45) is 5.73 Å².